The molecule has 0 radical (unpaired) electrons. The Kier molecular flexibility index (Phi) is 6.08. The van der Waals surface area contributed by atoms with Crippen LogP contribution < -0.4 is 10.1 Å². The highest BCUT2D eigenvalue weighted by atomic mass is 16.5. The van der Waals surface area contributed by atoms with Gasteiger partial charge in [-0.25, -0.2) is 0 Å². The monoisotopic (exact) mass is 350 g/mol. The van der Waals surface area contributed by atoms with Gasteiger partial charge in [0.25, 0.3) is 5.91 Å². The van der Waals surface area contributed by atoms with Crippen LogP contribution in [-0.4, -0.2) is 44.1 Å². The van der Waals surface area contributed by atoms with E-state index in [0.29, 0.717) is 5.57 Å². The highest BCUT2D eigenvalue weighted by Crippen LogP contribution is 2.21. The third-order valence-corrected chi connectivity index (χ3v) is 4.81. The molecule has 4 nitrogen and oxygen atoms in total. The highest BCUT2D eigenvalue weighted by molar-refractivity contribution is 6.24. The van der Waals surface area contributed by atoms with Gasteiger partial charge in [0.05, 0.1) is 7.11 Å². The molecule has 1 N–H and O–H groups in total. The molecule has 1 heterocycles. The Morgan fingerprint density at radius 2 is 1.73 bits per heavy atom. The van der Waals surface area contributed by atoms with Crippen molar-refractivity contribution in [3.8, 4) is 5.75 Å². The number of amides is 1. The molecule has 1 saturated heterocycles. The first kappa shape index (κ1) is 18.2. The van der Waals surface area contributed by atoms with Gasteiger partial charge in [-0.1, -0.05) is 42.5 Å². The van der Waals surface area contributed by atoms with E-state index < -0.39 is 0 Å². The number of benzene rings is 2. The maximum atomic E-state index is 13.0. The number of rotatable bonds is 5. The molecule has 4 heteroatoms. The lowest BCUT2D eigenvalue weighted by Crippen LogP contribution is -2.43. The van der Waals surface area contributed by atoms with Crippen LogP contribution in [0.4, 0.5) is 0 Å². The zero-order valence-corrected chi connectivity index (χ0v) is 15.4. The van der Waals surface area contributed by atoms with E-state index in [1.807, 2.05) is 60.7 Å². The number of ether oxygens (including phenoxy) is 1. The van der Waals surface area contributed by atoms with Crippen LogP contribution in [0.15, 0.2) is 54.6 Å². The number of nitrogens with zero attached hydrogens (tertiary/aromatic N) is 1. The van der Waals surface area contributed by atoms with Crippen LogP contribution in [0, 0.1) is 0 Å². The van der Waals surface area contributed by atoms with E-state index in [4.69, 9.17) is 4.74 Å². The van der Waals surface area contributed by atoms with E-state index in [0.717, 1.165) is 42.8 Å². The van der Waals surface area contributed by atoms with Crippen molar-refractivity contribution in [3.05, 3.63) is 65.7 Å². The fourth-order valence-electron chi connectivity index (χ4n) is 3.18. The second-order valence-electron chi connectivity index (χ2n) is 6.75. The summed E-state index contributed by atoms with van der Waals surface area (Å²) in [5.74, 6) is 0.792. The molecule has 0 aromatic heterocycles. The average Bonchev–Trinajstić information content (AvgIpc) is 2.69. The van der Waals surface area contributed by atoms with Crippen LogP contribution in [-0.2, 0) is 4.79 Å². The SMILES string of the molecule is COc1ccc(/C=C(/C(=O)NC2CCN(C)CC2)c2ccccc2)cc1. The van der Waals surface area contributed by atoms with E-state index >= 15 is 0 Å². The van der Waals surface area contributed by atoms with Crippen molar-refractivity contribution >= 4 is 17.6 Å². The van der Waals surface area contributed by atoms with Crippen molar-refractivity contribution in [1.82, 2.24) is 10.2 Å². The molecular formula is C22H26N2O2. The van der Waals surface area contributed by atoms with Gasteiger partial charge in [-0.2, -0.15) is 0 Å². The first-order valence-corrected chi connectivity index (χ1v) is 9.06. The van der Waals surface area contributed by atoms with Crippen molar-refractivity contribution < 1.29 is 9.53 Å². The van der Waals surface area contributed by atoms with E-state index in [2.05, 4.69) is 17.3 Å². The van der Waals surface area contributed by atoms with Gasteiger partial charge in [-0.15, -0.1) is 0 Å². The third kappa shape index (κ3) is 4.73. The Morgan fingerprint density at radius 1 is 1.08 bits per heavy atom. The van der Waals surface area contributed by atoms with Gasteiger partial charge in [0.2, 0.25) is 0 Å². The normalized spacial score (nSPS) is 16.3. The van der Waals surface area contributed by atoms with Crippen molar-refractivity contribution in [2.75, 3.05) is 27.2 Å². The molecule has 0 aliphatic carbocycles. The summed E-state index contributed by atoms with van der Waals surface area (Å²) >= 11 is 0. The van der Waals surface area contributed by atoms with Crippen LogP contribution in [0.5, 0.6) is 5.75 Å². The predicted octanol–water partition coefficient (Wildman–Crippen LogP) is 3.45. The Balaban J connectivity index is 1.83. The number of hydrogen-bond acceptors (Lipinski definition) is 3. The summed E-state index contributed by atoms with van der Waals surface area (Å²) in [6, 6.07) is 17.8. The van der Waals surface area contributed by atoms with Gasteiger partial charge in [0.15, 0.2) is 0 Å². The maximum absolute atomic E-state index is 13.0. The fraction of sp³-hybridized carbons (Fsp3) is 0.318. The molecule has 1 amide bonds. The molecule has 2 aromatic carbocycles. The van der Waals surface area contributed by atoms with Crippen molar-refractivity contribution in [3.63, 3.8) is 0 Å². The van der Waals surface area contributed by atoms with E-state index in [1.54, 1.807) is 7.11 Å². The Bertz CT molecular complexity index is 745. The molecule has 2 aromatic rings. The van der Waals surface area contributed by atoms with Crippen LogP contribution in [0.2, 0.25) is 0 Å². The van der Waals surface area contributed by atoms with E-state index in [-0.39, 0.29) is 11.9 Å². The van der Waals surface area contributed by atoms with Gasteiger partial charge in [0, 0.05) is 11.6 Å². The van der Waals surface area contributed by atoms with Gasteiger partial charge in [-0.05, 0) is 62.3 Å². The van der Waals surface area contributed by atoms with E-state index in [9.17, 15) is 4.79 Å². The maximum Gasteiger partial charge on any atom is 0.252 e. The quantitative estimate of drug-likeness (QED) is 0.663. The number of likely N-dealkylation sites (tertiary alicyclic amines) is 1. The summed E-state index contributed by atoms with van der Waals surface area (Å²) in [5.41, 5.74) is 2.59. The van der Waals surface area contributed by atoms with Gasteiger partial charge in [0.1, 0.15) is 5.75 Å². The molecule has 0 unspecified atom stereocenters. The summed E-state index contributed by atoms with van der Waals surface area (Å²) in [4.78, 5) is 15.3. The molecule has 1 fully saturated rings. The van der Waals surface area contributed by atoms with Crippen molar-refractivity contribution in [2.45, 2.75) is 18.9 Å². The lowest BCUT2D eigenvalue weighted by molar-refractivity contribution is -0.116. The summed E-state index contributed by atoms with van der Waals surface area (Å²) < 4.78 is 5.21. The Morgan fingerprint density at radius 3 is 2.35 bits per heavy atom. The van der Waals surface area contributed by atoms with Crippen LogP contribution in [0.1, 0.15) is 24.0 Å². The fourth-order valence-corrected chi connectivity index (χ4v) is 3.18. The molecule has 0 spiro atoms. The second-order valence-corrected chi connectivity index (χ2v) is 6.75. The van der Waals surface area contributed by atoms with Gasteiger partial charge < -0.3 is 15.0 Å². The molecule has 1 aliphatic rings. The first-order chi connectivity index (χ1) is 12.7. The number of piperidine rings is 1. The zero-order chi connectivity index (χ0) is 18.4. The molecule has 26 heavy (non-hydrogen) atoms. The summed E-state index contributed by atoms with van der Waals surface area (Å²) in [7, 11) is 3.77. The second kappa shape index (κ2) is 8.68. The minimum absolute atomic E-state index is 0.0124. The van der Waals surface area contributed by atoms with Crippen LogP contribution >= 0.6 is 0 Å². The first-order valence-electron chi connectivity index (χ1n) is 9.06. The molecule has 0 saturated carbocycles. The van der Waals surface area contributed by atoms with Gasteiger partial charge in [-0.3, -0.25) is 4.79 Å². The molecule has 3 rings (SSSR count). The van der Waals surface area contributed by atoms with Crippen LogP contribution in [0.25, 0.3) is 11.6 Å². The third-order valence-electron chi connectivity index (χ3n) is 4.81. The van der Waals surface area contributed by atoms with Crippen molar-refractivity contribution in [2.24, 2.45) is 0 Å². The number of hydrogen-bond donors (Lipinski definition) is 1. The highest BCUT2D eigenvalue weighted by Gasteiger charge is 2.20. The Hall–Kier alpha value is -2.59. The summed E-state index contributed by atoms with van der Waals surface area (Å²) in [5, 5.41) is 3.22. The molecule has 136 valence electrons. The topological polar surface area (TPSA) is 41.6 Å². The number of carbonyl (C=O) groups is 1. The molecule has 0 atom stereocenters. The lowest BCUT2D eigenvalue weighted by Gasteiger charge is -2.29. The minimum Gasteiger partial charge on any atom is -0.497 e. The molecule has 1 aliphatic heterocycles. The standard InChI is InChI=1S/C22H26N2O2/c1-24-14-12-19(13-15-24)23-22(25)21(18-6-4-3-5-7-18)16-17-8-10-20(26-2)11-9-17/h3-11,16,19H,12-15H2,1-2H3,(H,23,25)/b21-16+. The van der Waals surface area contributed by atoms with Crippen LogP contribution in [0.3, 0.4) is 0 Å². The number of methoxy groups -OCH3 is 1. The summed E-state index contributed by atoms with van der Waals surface area (Å²) in [6.45, 7) is 2.04. The molecular weight excluding hydrogens is 324 g/mol. The van der Waals surface area contributed by atoms with E-state index in [1.165, 1.54) is 0 Å². The Labute approximate surface area is 155 Å². The lowest BCUT2D eigenvalue weighted by atomic mass is 10.00. The summed E-state index contributed by atoms with van der Waals surface area (Å²) in [6.07, 6.45) is 3.93. The molecule has 0 bridgehead atoms. The van der Waals surface area contributed by atoms with Crippen molar-refractivity contribution in [1.29, 1.82) is 0 Å². The zero-order valence-electron chi connectivity index (χ0n) is 15.4. The largest absolute Gasteiger partial charge is 0.497 e. The number of carbonyl (C=O) groups excluding carboxylic acids is 1. The van der Waals surface area contributed by atoms with Gasteiger partial charge >= 0.3 is 0 Å². The minimum atomic E-state index is -0.0124. The number of nitrogens with one attached hydrogen (secondary N) is 1. The average molecular weight is 350 g/mol. The smallest absolute Gasteiger partial charge is 0.252 e. The predicted molar refractivity (Wildman–Crippen MR) is 106 cm³/mol.